The maximum absolute atomic E-state index is 13.0. The van der Waals surface area contributed by atoms with E-state index in [4.69, 9.17) is 19.3 Å². The number of hydrogen-bond donors (Lipinski definition) is 1. The normalized spacial score (nSPS) is 23.3. The van der Waals surface area contributed by atoms with Crippen molar-refractivity contribution in [1.82, 2.24) is 29.4 Å². The zero-order valence-electron chi connectivity index (χ0n) is 48.9. The fourth-order valence-electron chi connectivity index (χ4n) is 10.7. The molecule has 3 amide bonds. The van der Waals surface area contributed by atoms with Crippen molar-refractivity contribution in [1.29, 1.82) is 0 Å². The van der Waals surface area contributed by atoms with Gasteiger partial charge in [0.25, 0.3) is 0 Å². The van der Waals surface area contributed by atoms with Crippen molar-refractivity contribution in [2.45, 2.75) is 174 Å². The Morgan fingerprint density at radius 3 is 1.35 bits per heavy atom. The lowest BCUT2D eigenvalue weighted by Gasteiger charge is -2.44. The summed E-state index contributed by atoms with van der Waals surface area (Å²) >= 11 is 0. The van der Waals surface area contributed by atoms with Crippen molar-refractivity contribution in [2.24, 2.45) is 51.2 Å². The molecule has 0 bridgehead atoms. The van der Waals surface area contributed by atoms with Gasteiger partial charge in [0.05, 0.1) is 46.1 Å². The van der Waals surface area contributed by atoms with Crippen LogP contribution in [0.5, 0.6) is 0 Å². The average molecular weight is 1010 g/mol. The largest absolute Gasteiger partial charge is 0.453 e. The highest BCUT2D eigenvalue weighted by Gasteiger charge is 2.35. The minimum absolute atomic E-state index is 0.0360. The van der Waals surface area contributed by atoms with Gasteiger partial charge in [0, 0.05) is 46.3 Å². The summed E-state index contributed by atoms with van der Waals surface area (Å²) in [6, 6.07) is 0.746. The Hall–Kier alpha value is -2.26. The van der Waals surface area contributed by atoms with Crippen LogP contribution in [0.2, 0.25) is 0 Å². The van der Waals surface area contributed by atoms with E-state index in [0.29, 0.717) is 47.9 Å². The molecule has 6 aliphatic heterocycles. The number of likely N-dealkylation sites (tertiary alicyclic amines) is 5. The van der Waals surface area contributed by atoms with Crippen LogP contribution in [-0.2, 0) is 19.0 Å². The number of amides is 3. The lowest BCUT2D eigenvalue weighted by Crippen LogP contribution is -2.52. The minimum atomic E-state index is -0.589. The number of methoxy groups -OCH3 is 1. The number of alkyl halides is 1. The van der Waals surface area contributed by atoms with E-state index in [-0.39, 0.29) is 30.6 Å². The van der Waals surface area contributed by atoms with Gasteiger partial charge in [-0.3, -0.25) is 14.6 Å². The fraction of sp³-hybridized carbons (Fsp3) is 0.947. The third kappa shape index (κ3) is 23.9. The molecule has 0 aromatic carbocycles. The first-order valence-electron chi connectivity index (χ1n) is 28.0. The second-order valence-corrected chi connectivity index (χ2v) is 25.9. The first kappa shape index (κ1) is 64.9. The summed E-state index contributed by atoms with van der Waals surface area (Å²) in [6.07, 6.45) is 9.61. The maximum Gasteiger partial charge on any atom is 0.409 e. The number of ether oxygens (including phenoxy) is 3. The first-order valence-corrected chi connectivity index (χ1v) is 28.0. The number of nitrogens with zero attached hydrogens (tertiary/aromatic N) is 6. The van der Waals surface area contributed by atoms with Crippen LogP contribution < -0.4 is 0 Å². The Bertz CT molecular complexity index is 1470. The van der Waals surface area contributed by atoms with E-state index in [1.807, 2.05) is 18.7 Å². The second-order valence-electron chi connectivity index (χ2n) is 25.9. The Balaban J connectivity index is 0.000000307. The summed E-state index contributed by atoms with van der Waals surface area (Å²) in [7, 11) is 3.19. The minimum Gasteiger partial charge on any atom is -0.453 e. The van der Waals surface area contributed by atoms with Crippen LogP contribution in [0, 0.1) is 51.2 Å². The Morgan fingerprint density at radius 1 is 0.620 bits per heavy atom. The molecule has 6 saturated heterocycles. The van der Waals surface area contributed by atoms with Gasteiger partial charge in [-0.05, 0) is 155 Å². The molecule has 0 saturated carbocycles. The molecule has 0 radical (unpaired) electrons. The molecule has 6 aliphatic rings. The van der Waals surface area contributed by atoms with Crippen LogP contribution in [0.15, 0.2) is 0 Å². The van der Waals surface area contributed by atoms with E-state index in [2.05, 4.69) is 105 Å². The lowest BCUT2D eigenvalue weighted by atomic mass is 9.75. The molecule has 6 rings (SSSR count). The van der Waals surface area contributed by atoms with Crippen molar-refractivity contribution < 1.29 is 38.1 Å². The summed E-state index contributed by atoms with van der Waals surface area (Å²) in [5.41, 5.74) is 1.61. The van der Waals surface area contributed by atoms with Crippen molar-refractivity contribution >= 4 is 18.1 Å². The number of piperidine rings is 5. The topological polar surface area (TPSA) is 119 Å². The number of aliphatic hydroxyl groups excluding tert-OH is 1. The number of aliphatic hydroxyl groups is 1. The molecular formula is C57H111FN6O7. The van der Waals surface area contributed by atoms with Crippen LogP contribution in [0.25, 0.3) is 0 Å². The summed E-state index contributed by atoms with van der Waals surface area (Å²) in [5, 5.41) is 8.81. The van der Waals surface area contributed by atoms with E-state index in [1.165, 1.54) is 45.9 Å². The third-order valence-corrected chi connectivity index (χ3v) is 16.7. The summed E-state index contributed by atoms with van der Waals surface area (Å²) in [4.78, 5) is 46.8. The van der Waals surface area contributed by atoms with Crippen molar-refractivity contribution in [2.75, 3.05) is 126 Å². The Labute approximate surface area is 435 Å². The predicted molar refractivity (Wildman–Crippen MR) is 289 cm³/mol. The summed E-state index contributed by atoms with van der Waals surface area (Å²) in [5.74, 6) is 3.52. The van der Waals surface area contributed by atoms with Crippen LogP contribution >= 0.6 is 0 Å². The molecule has 0 unspecified atom stereocenters. The van der Waals surface area contributed by atoms with Crippen molar-refractivity contribution in [3.05, 3.63) is 0 Å². The molecule has 418 valence electrons. The third-order valence-electron chi connectivity index (χ3n) is 16.7. The van der Waals surface area contributed by atoms with Gasteiger partial charge in [0.2, 0.25) is 5.91 Å². The molecule has 0 aliphatic carbocycles. The number of rotatable bonds is 7. The van der Waals surface area contributed by atoms with Crippen molar-refractivity contribution in [3.8, 4) is 0 Å². The highest BCUT2D eigenvalue weighted by molar-refractivity contribution is 5.78. The number of carbonyl (C=O) groups excluding carboxylic acids is 3. The van der Waals surface area contributed by atoms with Crippen molar-refractivity contribution in [3.63, 3.8) is 0 Å². The van der Waals surface area contributed by atoms with E-state index in [1.54, 1.807) is 16.8 Å². The van der Waals surface area contributed by atoms with Gasteiger partial charge < -0.3 is 38.9 Å². The number of hydrogen-bond acceptors (Lipinski definition) is 10. The summed E-state index contributed by atoms with van der Waals surface area (Å²) < 4.78 is 27.9. The van der Waals surface area contributed by atoms with Crippen LogP contribution in [0.3, 0.4) is 0 Å². The summed E-state index contributed by atoms with van der Waals surface area (Å²) in [6.45, 7) is 47.7. The van der Waals surface area contributed by atoms with Gasteiger partial charge in [-0.2, -0.15) is 0 Å². The zero-order chi connectivity index (χ0) is 53.7. The van der Waals surface area contributed by atoms with Crippen LogP contribution in [0.1, 0.15) is 162 Å². The van der Waals surface area contributed by atoms with Gasteiger partial charge in [-0.15, -0.1) is 0 Å². The standard InChI is InChI=1S/C14H28N2O2.C12H23NO2.C12H23NO.C11H21NO2.C8H16FN/c1-14(2,3)12-5-7-16(8-6-12)11-13(18)15(4)9-10-17;1-5-15-11(14)13-8-6-10(7-9-13)12(2,3)4;1-12(2,3)10-4-6-13(7-5-10)11-8-14-9-11;1-11(2,3)9-5-7-12(8-6-9)10(13)14-4;1-3-10-5-4-7(2)8(9)6-10/h12,17H,5-11H2,1-4H3;10H,5-9H2,1-4H3;10-11H,4-9H2,1-3H3;9H,5-8H2,1-4H3;7-8H,3-6H2,1-2H3/t;;;;7-,8+/m....0/s1. The van der Waals surface area contributed by atoms with Gasteiger partial charge in [-0.1, -0.05) is 96.9 Å². The number of carbonyl (C=O) groups is 3. The van der Waals surface area contributed by atoms with Gasteiger partial charge >= 0.3 is 12.2 Å². The van der Waals surface area contributed by atoms with Gasteiger partial charge in [0.1, 0.15) is 6.17 Å². The zero-order valence-corrected chi connectivity index (χ0v) is 48.9. The molecule has 2 atom stereocenters. The highest BCUT2D eigenvalue weighted by atomic mass is 19.1. The average Bonchev–Trinajstić information content (AvgIpc) is 3.29. The monoisotopic (exact) mass is 1010 g/mol. The van der Waals surface area contributed by atoms with Gasteiger partial charge in [0.15, 0.2) is 0 Å². The quantitative estimate of drug-likeness (QED) is 0.264. The SMILES string of the molecule is CC(C)(C)C1CCN(C2COC2)CC1.CCN1CC[C@H](C)[C@H](F)C1.CCOC(=O)N1CCC(C(C)(C)C)CC1.CN(CCO)C(=O)CN1CCC(C(C)(C)C)CC1.COC(=O)N1CCC(C(C)(C)C)CC1. The molecule has 0 aromatic heterocycles. The molecule has 13 nitrogen and oxygen atoms in total. The number of halogens is 1. The van der Waals surface area contributed by atoms with E-state index in [0.717, 1.165) is 127 Å². The van der Waals surface area contributed by atoms with Crippen LogP contribution in [-0.4, -0.2) is 190 Å². The lowest BCUT2D eigenvalue weighted by molar-refractivity contribution is -0.132. The molecule has 14 heteroatoms. The Kier molecular flexibility index (Phi) is 28.3. The van der Waals surface area contributed by atoms with Crippen LogP contribution in [0.4, 0.5) is 14.0 Å². The highest BCUT2D eigenvalue weighted by Crippen LogP contribution is 2.37. The molecule has 6 fully saturated rings. The molecule has 0 aromatic rings. The van der Waals surface area contributed by atoms with E-state index in [9.17, 15) is 18.8 Å². The number of likely N-dealkylation sites (N-methyl/N-ethyl adjacent to an activating group) is 1. The first-order chi connectivity index (χ1) is 33.0. The molecule has 71 heavy (non-hydrogen) atoms. The fourth-order valence-corrected chi connectivity index (χ4v) is 10.7. The maximum atomic E-state index is 13.0. The van der Waals surface area contributed by atoms with Gasteiger partial charge in [-0.25, -0.2) is 14.0 Å². The second kappa shape index (κ2) is 30.9. The molecule has 6 heterocycles. The molecule has 1 N–H and O–H groups in total. The Morgan fingerprint density at radius 2 is 1.01 bits per heavy atom. The predicted octanol–water partition coefficient (Wildman–Crippen LogP) is 10.4. The van der Waals surface area contributed by atoms with E-state index >= 15 is 0 Å². The van der Waals surface area contributed by atoms with E-state index < -0.39 is 6.17 Å². The molecule has 0 spiro atoms. The smallest absolute Gasteiger partial charge is 0.409 e. The molecular weight excluding hydrogens is 900 g/mol.